The molecule has 2 N–H and O–H groups in total. The summed E-state index contributed by atoms with van der Waals surface area (Å²) in [6.07, 6.45) is 2.29. The van der Waals surface area contributed by atoms with Gasteiger partial charge in [0.2, 0.25) is 5.88 Å². The van der Waals surface area contributed by atoms with E-state index in [2.05, 4.69) is 23.0 Å². The summed E-state index contributed by atoms with van der Waals surface area (Å²) in [5.41, 5.74) is 8.13. The average molecular weight is 255 g/mol. The fraction of sp³-hybridized carbons (Fsp3) is 0.333. The fourth-order valence-electron chi connectivity index (χ4n) is 1.99. The number of aromatic nitrogens is 2. The Bertz CT molecular complexity index is 621. The number of hydrogen-bond acceptors (Lipinski definition) is 4. The maximum absolute atomic E-state index is 5.86. The third kappa shape index (κ3) is 2.52. The Morgan fingerprint density at radius 3 is 2.74 bits per heavy atom. The molecule has 1 aliphatic rings. The summed E-state index contributed by atoms with van der Waals surface area (Å²) in [7, 11) is 0. The van der Waals surface area contributed by atoms with E-state index in [1.165, 1.54) is 5.56 Å². The molecule has 19 heavy (non-hydrogen) atoms. The predicted octanol–water partition coefficient (Wildman–Crippen LogP) is 3.35. The van der Waals surface area contributed by atoms with Crippen LogP contribution in [0.3, 0.4) is 0 Å². The second-order valence-electron chi connectivity index (χ2n) is 5.06. The molecule has 0 amide bonds. The van der Waals surface area contributed by atoms with Crippen molar-refractivity contribution in [2.75, 3.05) is 5.73 Å². The van der Waals surface area contributed by atoms with Crippen molar-refractivity contribution in [1.82, 2.24) is 9.97 Å². The zero-order valence-corrected chi connectivity index (χ0v) is 11.2. The molecule has 0 unspecified atom stereocenters. The highest BCUT2D eigenvalue weighted by Crippen LogP contribution is 2.39. The van der Waals surface area contributed by atoms with Gasteiger partial charge in [-0.05, 0) is 43.9 Å². The lowest BCUT2D eigenvalue weighted by molar-refractivity contribution is 0.455. The Morgan fingerprint density at radius 1 is 1.21 bits per heavy atom. The van der Waals surface area contributed by atoms with Crippen molar-refractivity contribution < 1.29 is 4.74 Å². The van der Waals surface area contributed by atoms with E-state index in [1.54, 1.807) is 6.07 Å². The van der Waals surface area contributed by atoms with Crippen molar-refractivity contribution in [3.05, 3.63) is 41.2 Å². The number of anilines is 1. The topological polar surface area (TPSA) is 61.0 Å². The molecule has 1 aromatic heterocycles. The lowest BCUT2D eigenvalue weighted by Gasteiger charge is -2.10. The van der Waals surface area contributed by atoms with Gasteiger partial charge in [-0.25, -0.2) is 4.98 Å². The normalized spacial score (nSPS) is 14.4. The van der Waals surface area contributed by atoms with E-state index >= 15 is 0 Å². The van der Waals surface area contributed by atoms with Crippen LogP contribution in [0.25, 0.3) is 0 Å². The van der Waals surface area contributed by atoms with Crippen molar-refractivity contribution >= 4 is 5.82 Å². The van der Waals surface area contributed by atoms with E-state index in [9.17, 15) is 0 Å². The minimum absolute atomic E-state index is 0.462. The minimum Gasteiger partial charge on any atom is -0.439 e. The molecule has 1 aromatic carbocycles. The van der Waals surface area contributed by atoms with Gasteiger partial charge in [0.1, 0.15) is 17.4 Å². The molecule has 1 saturated carbocycles. The van der Waals surface area contributed by atoms with Gasteiger partial charge < -0.3 is 10.5 Å². The standard InChI is InChI=1S/C15H17N3O/c1-9-4-3-5-12(10(9)2)19-14-8-13(16)17-15(18-14)11-6-7-11/h3-5,8,11H,6-7H2,1-2H3,(H2,16,17,18). The van der Waals surface area contributed by atoms with Crippen LogP contribution >= 0.6 is 0 Å². The molecule has 4 nitrogen and oxygen atoms in total. The van der Waals surface area contributed by atoms with E-state index in [4.69, 9.17) is 10.5 Å². The summed E-state index contributed by atoms with van der Waals surface area (Å²) in [4.78, 5) is 8.71. The van der Waals surface area contributed by atoms with Crippen LogP contribution in [0.4, 0.5) is 5.82 Å². The molecule has 2 aromatic rings. The second-order valence-corrected chi connectivity index (χ2v) is 5.06. The number of ether oxygens (including phenoxy) is 1. The van der Waals surface area contributed by atoms with Gasteiger partial charge in [0.25, 0.3) is 0 Å². The fourth-order valence-corrected chi connectivity index (χ4v) is 1.99. The molecule has 0 radical (unpaired) electrons. The van der Waals surface area contributed by atoms with Gasteiger partial charge in [0.05, 0.1) is 0 Å². The molecular formula is C15H17N3O. The Kier molecular flexibility index (Phi) is 2.85. The smallest absolute Gasteiger partial charge is 0.224 e. The van der Waals surface area contributed by atoms with Crippen LogP contribution < -0.4 is 10.5 Å². The molecule has 4 heteroatoms. The van der Waals surface area contributed by atoms with Crippen LogP contribution in [0, 0.1) is 13.8 Å². The molecule has 0 spiro atoms. The lowest BCUT2D eigenvalue weighted by atomic mass is 10.1. The van der Waals surface area contributed by atoms with Crippen molar-refractivity contribution in [1.29, 1.82) is 0 Å². The predicted molar refractivity (Wildman–Crippen MR) is 74.4 cm³/mol. The Morgan fingerprint density at radius 2 is 2.00 bits per heavy atom. The number of hydrogen-bond donors (Lipinski definition) is 1. The Labute approximate surface area is 112 Å². The molecule has 1 aliphatic carbocycles. The monoisotopic (exact) mass is 255 g/mol. The van der Waals surface area contributed by atoms with Crippen LogP contribution in [-0.2, 0) is 0 Å². The molecule has 0 saturated heterocycles. The van der Waals surface area contributed by atoms with E-state index in [-0.39, 0.29) is 0 Å². The molecule has 0 bridgehead atoms. The first-order valence-corrected chi connectivity index (χ1v) is 6.52. The number of benzene rings is 1. The van der Waals surface area contributed by atoms with Crippen LogP contribution in [0.15, 0.2) is 24.3 Å². The summed E-state index contributed by atoms with van der Waals surface area (Å²) in [6, 6.07) is 7.65. The lowest BCUT2D eigenvalue weighted by Crippen LogP contribution is -2.01. The second kappa shape index (κ2) is 4.53. The highest BCUT2D eigenvalue weighted by Gasteiger charge is 2.27. The first-order valence-electron chi connectivity index (χ1n) is 6.52. The van der Waals surface area contributed by atoms with Gasteiger partial charge in [-0.15, -0.1) is 0 Å². The van der Waals surface area contributed by atoms with E-state index in [1.807, 2.05) is 19.1 Å². The molecule has 0 aliphatic heterocycles. The van der Waals surface area contributed by atoms with Gasteiger partial charge >= 0.3 is 0 Å². The van der Waals surface area contributed by atoms with Crippen LogP contribution in [-0.4, -0.2) is 9.97 Å². The highest BCUT2D eigenvalue weighted by atomic mass is 16.5. The number of rotatable bonds is 3. The van der Waals surface area contributed by atoms with Gasteiger partial charge in [-0.2, -0.15) is 4.98 Å². The van der Waals surface area contributed by atoms with Crippen molar-refractivity contribution in [2.45, 2.75) is 32.6 Å². The van der Waals surface area contributed by atoms with Crippen LogP contribution in [0.2, 0.25) is 0 Å². The molecule has 98 valence electrons. The summed E-state index contributed by atoms with van der Waals surface area (Å²) < 4.78 is 5.86. The van der Waals surface area contributed by atoms with Crippen molar-refractivity contribution in [3.8, 4) is 11.6 Å². The summed E-state index contributed by atoms with van der Waals surface area (Å²) >= 11 is 0. The minimum atomic E-state index is 0.462. The average Bonchev–Trinajstić information content (AvgIpc) is 3.18. The third-order valence-corrected chi connectivity index (χ3v) is 3.45. The molecule has 1 fully saturated rings. The Balaban J connectivity index is 1.92. The maximum atomic E-state index is 5.86. The quantitative estimate of drug-likeness (QED) is 0.913. The first-order chi connectivity index (χ1) is 9.13. The zero-order chi connectivity index (χ0) is 13.4. The molecule has 1 heterocycles. The highest BCUT2D eigenvalue weighted by molar-refractivity contribution is 5.42. The molecule has 3 rings (SSSR count). The summed E-state index contributed by atoms with van der Waals surface area (Å²) in [5, 5.41) is 0. The zero-order valence-electron chi connectivity index (χ0n) is 11.2. The summed E-state index contributed by atoms with van der Waals surface area (Å²) in [5.74, 6) is 3.09. The first kappa shape index (κ1) is 12.0. The maximum Gasteiger partial charge on any atom is 0.224 e. The number of nitrogens with zero attached hydrogens (tertiary/aromatic N) is 2. The van der Waals surface area contributed by atoms with Gasteiger partial charge in [-0.3, -0.25) is 0 Å². The van der Waals surface area contributed by atoms with Crippen molar-refractivity contribution in [2.24, 2.45) is 0 Å². The number of nitrogens with two attached hydrogens (primary N) is 1. The molecular weight excluding hydrogens is 238 g/mol. The number of nitrogen functional groups attached to an aromatic ring is 1. The van der Waals surface area contributed by atoms with Crippen LogP contribution in [0.5, 0.6) is 11.6 Å². The van der Waals surface area contributed by atoms with E-state index < -0.39 is 0 Å². The largest absolute Gasteiger partial charge is 0.439 e. The van der Waals surface area contributed by atoms with Crippen LogP contribution in [0.1, 0.15) is 35.7 Å². The summed E-state index contributed by atoms with van der Waals surface area (Å²) in [6.45, 7) is 4.10. The van der Waals surface area contributed by atoms with Gasteiger partial charge in [0, 0.05) is 12.0 Å². The van der Waals surface area contributed by atoms with Gasteiger partial charge in [-0.1, -0.05) is 12.1 Å². The SMILES string of the molecule is Cc1cccc(Oc2cc(N)nc(C3CC3)n2)c1C. The van der Waals surface area contributed by atoms with Gasteiger partial charge in [0.15, 0.2) is 0 Å². The third-order valence-electron chi connectivity index (χ3n) is 3.45. The Hall–Kier alpha value is -2.10. The number of aryl methyl sites for hydroxylation is 1. The van der Waals surface area contributed by atoms with Crippen molar-refractivity contribution in [3.63, 3.8) is 0 Å². The molecule has 0 atom stereocenters. The van der Waals surface area contributed by atoms with E-state index in [0.717, 1.165) is 30.0 Å². The van der Waals surface area contributed by atoms with E-state index in [0.29, 0.717) is 17.6 Å².